The molecule has 1 heterocycles. The summed E-state index contributed by atoms with van der Waals surface area (Å²) >= 11 is 3.49. The second kappa shape index (κ2) is 3.66. The van der Waals surface area contributed by atoms with E-state index < -0.39 is 0 Å². The van der Waals surface area contributed by atoms with Crippen LogP contribution in [0, 0.1) is 13.8 Å². The number of aromatic nitrogens is 3. The predicted molar refractivity (Wildman–Crippen MR) is 61.8 cm³/mol. The average molecular weight is 268 g/mol. The van der Waals surface area contributed by atoms with Gasteiger partial charge in [0.15, 0.2) is 5.82 Å². The molecule has 0 saturated heterocycles. The summed E-state index contributed by atoms with van der Waals surface area (Å²) in [5.41, 5.74) is 2.86. The largest absolute Gasteiger partial charge is 0.340 e. The van der Waals surface area contributed by atoms with Crippen LogP contribution in [0.5, 0.6) is 0 Å². The maximum atomic E-state index is 10.9. The number of aryl methyl sites for hydroxylation is 2. The molecule has 0 aliphatic heterocycles. The van der Waals surface area contributed by atoms with Gasteiger partial charge in [-0.1, -0.05) is 15.9 Å². The van der Waals surface area contributed by atoms with Crippen molar-refractivity contribution in [3.8, 4) is 11.4 Å². The smallest absolute Gasteiger partial charge is 0.289 e. The number of nitrogens with one attached hydrogen (secondary N) is 2. The Bertz CT molecular complexity index is 533. The van der Waals surface area contributed by atoms with Crippen molar-refractivity contribution < 1.29 is 0 Å². The van der Waals surface area contributed by atoms with E-state index in [-0.39, 0.29) is 5.69 Å². The quantitative estimate of drug-likeness (QED) is 0.832. The monoisotopic (exact) mass is 267 g/mol. The Morgan fingerprint density at radius 3 is 2.33 bits per heavy atom. The van der Waals surface area contributed by atoms with E-state index in [0.717, 1.165) is 21.2 Å². The zero-order valence-electron chi connectivity index (χ0n) is 8.39. The van der Waals surface area contributed by atoms with Crippen LogP contribution in [0.25, 0.3) is 11.4 Å². The predicted octanol–water partition coefficient (Wildman–Crippen LogP) is 2.14. The topological polar surface area (TPSA) is 61.5 Å². The van der Waals surface area contributed by atoms with Crippen LogP contribution < -0.4 is 5.69 Å². The Balaban J connectivity index is 2.59. The molecule has 0 saturated carbocycles. The van der Waals surface area contributed by atoms with E-state index in [0.29, 0.717) is 5.82 Å². The van der Waals surface area contributed by atoms with Crippen LogP contribution in [-0.2, 0) is 0 Å². The standard InChI is InChI=1S/C10H10BrN3O/c1-5-3-7(4-6(2)8(5)11)9-12-10(15)14-13-9/h3-4H,1-2H3,(H2,12,13,14,15). The molecule has 0 spiro atoms. The molecule has 0 amide bonds. The third-order valence-electron chi connectivity index (χ3n) is 2.21. The fourth-order valence-corrected chi connectivity index (χ4v) is 1.72. The molecule has 0 aliphatic carbocycles. The number of rotatable bonds is 1. The molecule has 0 atom stereocenters. The Morgan fingerprint density at radius 1 is 1.27 bits per heavy atom. The lowest BCUT2D eigenvalue weighted by atomic mass is 10.1. The van der Waals surface area contributed by atoms with Gasteiger partial charge in [0.05, 0.1) is 0 Å². The van der Waals surface area contributed by atoms with Gasteiger partial charge in [-0.05, 0) is 37.1 Å². The van der Waals surface area contributed by atoms with Gasteiger partial charge in [-0.3, -0.25) is 4.98 Å². The molecule has 5 heteroatoms. The maximum absolute atomic E-state index is 10.9. The van der Waals surface area contributed by atoms with Crippen LogP contribution in [0.15, 0.2) is 21.4 Å². The number of nitrogens with zero attached hydrogens (tertiary/aromatic N) is 1. The fraction of sp³-hybridized carbons (Fsp3) is 0.200. The Morgan fingerprint density at radius 2 is 1.87 bits per heavy atom. The first-order chi connectivity index (χ1) is 7.08. The molecule has 0 radical (unpaired) electrons. The van der Waals surface area contributed by atoms with Gasteiger partial charge in [0, 0.05) is 10.0 Å². The third kappa shape index (κ3) is 1.87. The summed E-state index contributed by atoms with van der Waals surface area (Å²) in [6.45, 7) is 4.01. The van der Waals surface area contributed by atoms with Crippen molar-refractivity contribution in [3.05, 3.63) is 38.2 Å². The SMILES string of the molecule is Cc1cc(-c2n[nH]c(=O)[nH]2)cc(C)c1Br. The van der Waals surface area contributed by atoms with Gasteiger partial charge in [-0.25, -0.2) is 9.89 Å². The second-order valence-corrected chi connectivity index (χ2v) is 4.24. The van der Waals surface area contributed by atoms with Crippen molar-refractivity contribution in [2.45, 2.75) is 13.8 Å². The highest BCUT2D eigenvalue weighted by atomic mass is 79.9. The lowest BCUT2D eigenvalue weighted by Gasteiger charge is -2.05. The van der Waals surface area contributed by atoms with E-state index in [1.54, 1.807) is 0 Å². The minimum absolute atomic E-state index is 0.289. The van der Waals surface area contributed by atoms with E-state index in [2.05, 4.69) is 31.1 Å². The van der Waals surface area contributed by atoms with Crippen molar-refractivity contribution in [1.29, 1.82) is 0 Å². The van der Waals surface area contributed by atoms with Gasteiger partial charge >= 0.3 is 5.69 Å². The number of halogens is 1. The summed E-state index contributed by atoms with van der Waals surface area (Å²) in [4.78, 5) is 13.5. The first-order valence-corrected chi connectivity index (χ1v) is 5.29. The van der Waals surface area contributed by atoms with Crippen molar-refractivity contribution in [2.75, 3.05) is 0 Å². The highest BCUT2D eigenvalue weighted by Gasteiger charge is 2.06. The molecule has 4 nitrogen and oxygen atoms in total. The van der Waals surface area contributed by atoms with Gasteiger partial charge < -0.3 is 0 Å². The third-order valence-corrected chi connectivity index (χ3v) is 3.46. The highest BCUT2D eigenvalue weighted by Crippen LogP contribution is 2.26. The molecule has 0 bridgehead atoms. The Kier molecular flexibility index (Phi) is 2.48. The molecule has 2 rings (SSSR count). The normalized spacial score (nSPS) is 10.6. The van der Waals surface area contributed by atoms with E-state index in [1.807, 2.05) is 26.0 Å². The molecule has 0 unspecified atom stereocenters. The summed E-state index contributed by atoms with van der Waals surface area (Å²) in [6.07, 6.45) is 0. The lowest BCUT2D eigenvalue weighted by Crippen LogP contribution is -2.00. The molecular weight excluding hydrogens is 258 g/mol. The zero-order chi connectivity index (χ0) is 11.0. The van der Waals surface area contributed by atoms with Gasteiger partial charge in [0.1, 0.15) is 0 Å². The van der Waals surface area contributed by atoms with Gasteiger partial charge in [-0.15, -0.1) is 0 Å². The van der Waals surface area contributed by atoms with Crippen molar-refractivity contribution >= 4 is 15.9 Å². The summed E-state index contributed by atoms with van der Waals surface area (Å²) in [6, 6.07) is 3.95. The Labute approximate surface area is 94.9 Å². The molecule has 2 aromatic rings. The molecule has 0 fully saturated rings. The van der Waals surface area contributed by atoms with Gasteiger partial charge in [-0.2, -0.15) is 5.10 Å². The number of benzene rings is 1. The summed E-state index contributed by atoms with van der Waals surface area (Å²) < 4.78 is 1.09. The summed E-state index contributed by atoms with van der Waals surface area (Å²) in [7, 11) is 0. The van der Waals surface area contributed by atoms with Crippen LogP contribution in [-0.4, -0.2) is 15.2 Å². The van der Waals surface area contributed by atoms with Crippen LogP contribution in [0.4, 0.5) is 0 Å². The van der Waals surface area contributed by atoms with Gasteiger partial charge in [0.25, 0.3) is 0 Å². The fourth-order valence-electron chi connectivity index (χ4n) is 1.49. The lowest BCUT2D eigenvalue weighted by molar-refractivity contribution is 1.05. The van der Waals surface area contributed by atoms with Crippen LogP contribution in [0.2, 0.25) is 0 Å². The number of hydrogen-bond acceptors (Lipinski definition) is 2. The average Bonchev–Trinajstić information content (AvgIpc) is 2.60. The number of aromatic amines is 2. The molecular formula is C10H10BrN3O. The van der Waals surface area contributed by atoms with Crippen LogP contribution in [0.1, 0.15) is 11.1 Å². The minimum Gasteiger partial charge on any atom is -0.289 e. The Hall–Kier alpha value is -1.36. The molecule has 1 aromatic carbocycles. The number of hydrogen-bond donors (Lipinski definition) is 2. The minimum atomic E-state index is -0.289. The van der Waals surface area contributed by atoms with Gasteiger partial charge in [0.2, 0.25) is 0 Å². The van der Waals surface area contributed by atoms with E-state index in [4.69, 9.17) is 0 Å². The molecule has 1 aromatic heterocycles. The van der Waals surface area contributed by atoms with E-state index in [1.165, 1.54) is 0 Å². The molecule has 0 aliphatic rings. The second-order valence-electron chi connectivity index (χ2n) is 3.45. The van der Waals surface area contributed by atoms with Crippen LogP contribution >= 0.6 is 15.9 Å². The van der Waals surface area contributed by atoms with E-state index in [9.17, 15) is 4.79 Å². The molecule has 15 heavy (non-hydrogen) atoms. The molecule has 78 valence electrons. The number of H-pyrrole nitrogens is 2. The highest BCUT2D eigenvalue weighted by molar-refractivity contribution is 9.10. The molecule has 2 N–H and O–H groups in total. The van der Waals surface area contributed by atoms with E-state index >= 15 is 0 Å². The van der Waals surface area contributed by atoms with Crippen molar-refractivity contribution in [3.63, 3.8) is 0 Å². The first kappa shape index (κ1) is 10.2. The summed E-state index contributed by atoms with van der Waals surface area (Å²) in [5, 5.41) is 6.24. The first-order valence-electron chi connectivity index (χ1n) is 4.50. The zero-order valence-corrected chi connectivity index (χ0v) is 9.97. The maximum Gasteiger partial charge on any atom is 0.340 e. The van der Waals surface area contributed by atoms with Crippen molar-refractivity contribution in [2.24, 2.45) is 0 Å². The van der Waals surface area contributed by atoms with Crippen molar-refractivity contribution in [1.82, 2.24) is 15.2 Å². The van der Waals surface area contributed by atoms with Crippen LogP contribution in [0.3, 0.4) is 0 Å². The summed E-state index contributed by atoms with van der Waals surface area (Å²) in [5.74, 6) is 0.568.